The van der Waals surface area contributed by atoms with Crippen LogP contribution in [0.15, 0.2) is 194 Å². The van der Waals surface area contributed by atoms with Crippen LogP contribution in [-0.4, -0.2) is 4.40 Å². The lowest BCUT2D eigenvalue weighted by molar-refractivity contribution is 1.26. The second-order valence-corrected chi connectivity index (χ2v) is 12.3. The van der Waals surface area contributed by atoms with E-state index < -0.39 is 0 Å². The summed E-state index contributed by atoms with van der Waals surface area (Å²) in [7, 11) is 0. The molecular weight excluding hydrogens is 581 g/mol. The monoisotopic (exact) mass is 612 g/mol. The molecule has 0 radical (unpaired) electrons. The molecule has 0 amide bonds. The molecule has 0 aliphatic carbocycles. The van der Waals surface area contributed by atoms with Crippen molar-refractivity contribution in [2.75, 3.05) is 4.90 Å². The Labute approximate surface area is 280 Å². The average Bonchev–Trinajstić information content (AvgIpc) is 3.48. The fraction of sp³-hybridized carbons (Fsp3) is 0. The molecular formula is C46H32N2. The lowest BCUT2D eigenvalue weighted by atomic mass is 10.0. The zero-order chi connectivity index (χ0) is 31.9. The highest BCUT2D eigenvalue weighted by Crippen LogP contribution is 2.42. The Kier molecular flexibility index (Phi) is 6.84. The molecule has 0 N–H and O–H groups in total. The number of nitrogens with zero attached hydrogens (tertiary/aromatic N) is 2. The van der Waals surface area contributed by atoms with Crippen molar-refractivity contribution >= 4 is 44.3 Å². The van der Waals surface area contributed by atoms with Gasteiger partial charge >= 0.3 is 0 Å². The van der Waals surface area contributed by atoms with E-state index in [-0.39, 0.29) is 0 Å². The number of aromatic nitrogens is 1. The van der Waals surface area contributed by atoms with Gasteiger partial charge in [0.1, 0.15) is 0 Å². The number of rotatable bonds is 6. The van der Waals surface area contributed by atoms with E-state index in [0.29, 0.717) is 0 Å². The van der Waals surface area contributed by atoms with E-state index in [1.54, 1.807) is 0 Å². The average molecular weight is 613 g/mol. The van der Waals surface area contributed by atoms with Crippen LogP contribution in [0.1, 0.15) is 0 Å². The standard InChI is InChI=1S/C46H32N2/c1-4-12-33(13-5-1)35-20-24-40(25-21-35)48(41-26-22-36(23-27-41)34-14-6-2-7-15-34)42-28-29-43-44(31-42)47-32-39-19-11-10-18-38(39)30-45(47)46(43)37-16-8-3-9-17-37/h1-32H. The largest absolute Gasteiger partial charge is 0.315 e. The Morgan fingerprint density at radius 1 is 0.333 bits per heavy atom. The van der Waals surface area contributed by atoms with E-state index in [4.69, 9.17) is 0 Å². The molecule has 48 heavy (non-hydrogen) atoms. The third kappa shape index (κ3) is 4.92. The number of pyridine rings is 1. The molecule has 9 rings (SSSR count). The van der Waals surface area contributed by atoms with Crippen LogP contribution < -0.4 is 4.90 Å². The first kappa shape index (κ1) is 27.9. The van der Waals surface area contributed by atoms with Gasteiger partial charge in [0, 0.05) is 34.2 Å². The van der Waals surface area contributed by atoms with Gasteiger partial charge in [-0.25, -0.2) is 0 Å². The van der Waals surface area contributed by atoms with Crippen LogP contribution in [-0.2, 0) is 0 Å². The molecule has 7 aromatic carbocycles. The first-order chi connectivity index (χ1) is 23.8. The van der Waals surface area contributed by atoms with Crippen molar-refractivity contribution in [3.05, 3.63) is 194 Å². The molecule has 0 unspecified atom stereocenters. The lowest BCUT2D eigenvalue weighted by Gasteiger charge is -2.26. The summed E-state index contributed by atoms with van der Waals surface area (Å²) >= 11 is 0. The van der Waals surface area contributed by atoms with Crippen LogP contribution >= 0.6 is 0 Å². The maximum Gasteiger partial charge on any atom is 0.0556 e. The van der Waals surface area contributed by atoms with Gasteiger partial charge < -0.3 is 9.30 Å². The van der Waals surface area contributed by atoms with Gasteiger partial charge in [0.05, 0.1) is 11.0 Å². The van der Waals surface area contributed by atoms with Crippen LogP contribution in [0.25, 0.3) is 60.6 Å². The Morgan fingerprint density at radius 2 is 0.792 bits per heavy atom. The summed E-state index contributed by atoms with van der Waals surface area (Å²) in [5, 5.41) is 3.69. The minimum atomic E-state index is 1.11. The van der Waals surface area contributed by atoms with E-state index in [1.807, 2.05) is 0 Å². The molecule has 0 fully saturated rings. The van der Waals surface area contributed by atoms with Crippen molar-refractivity contribution in [3.8, 4) is 33.4 Å². The van der Waals surface area contributed by atoms with Crippen molar-refractivity contribution in [3.63, 3.8) is 0 Å². The van der Waals surface area contributed by atoms with Crippen LogP contribution in [0.2, 0.25) is 0 Å². The van der Waals surface area contributed by atoms with E-state index in [1.165, 1.54) is 60.6 Å². The maximum atomic E-state index is 2.37. The zero-order valence-electron chi connectivity index (χ0n) is 26.4. The molecule has 2 heteroatoms. The Bertz CT molecular complexity index is 2430. The Morgan fingerprint density at radius 3 is 1.35 bits per heavy atom. The topological polar surface area (TPSA) is 7.65 Å². The highest BCUT2D eigenvalue weighted by Gasteiger charge is 2.19. The number of benzene rings is 7. The minimum Gasteiger partial charge on any atom is -0.315 e. The van der Waals surface area contributed by atoms with Crippen LogP contribution in [0.5, 0.6) is 0 Å². The predicted octanol–water partition coefficient (Wildman–Crippen LogP) is 12.7. The van der Waals surface area contributed by atoms with Crippen molar-refractivity contribution in [1.82, 2.24) is 4.40 Å². The Balaban J connectivity index is 1.24. The van der Waals surface area contributed by atoms with E-state index in [0.717, 1.165) is 17.1 Å². The second kappa shape index (κ2) is 11.8. The fourth-order valence-corrected chi connectivity index (χ4v) is 7.01. The molecule has 0 saturated heterocycles. The number of hydrogen-bond acceptors (Lipinski definition) is 1. The summed E-state index contributed by atoms with van der Waals surface area (Å²) in [4.78, 5) is 2.37. The number of anilines is 3. The maximum absolute atomic E-state index is 2.37. The van der Waals surface area contributed by atoms with E-state index in [2.05, 4.69) is 204 Å². The van der Waals surface area contributed by atoms with Crippen LogP contribution in [0.4, 0.5) is 17.1 Å². The molecule has 0 atom stereocenters. The molecule has 9 aromatic rings. The van der Waals surface area contributed by atoms with Gasteiger partial charge in [-0.05, 0) is 81.1 Å². The minimum absolute atomic E-state index is 1.11. The summed E-state index contributed by atoms with van der Waals surface area (Å²) in [6.45, 7) is 0. The highest BCUT2D eigenvalue weighted by atomic mass is 15.1. The van der Waals surface area contributed by atoms with Crippen molar-refractivity contribution in [2.24, 2.45) is 0 Å². The summed E-state index contributed by atoms with van der Waals surface area (Å²) in [6, 6.07) is 67.6. The van der Waals surface area contributed by atoms with Gasteiger partial charge in [0.2, 0.25) is 0 Å². The van der Waals surface area contributed by atoms with Crippen LogP contribution in [0, 0.1) is 0 Å². The van der Waals surface area contributed by atoms with E-state index >= 15 is 0 Å². The molecule has 0 saturated carbocycles. The molecule has 226 valence electrons. The summed E-state index contributed by atoms with van der Waals surface area (Å²) in [5.74, 6) is 0. The SMILES string of the molecule is c1ccc(-c2ccc(N(c3ccc(-c4ccccc4)cc3)c3ccc4c(-c5ccccc5)c5cc6ccccc6cn5c4c3)cc2)cc1. The molecule has 0 aliphatic heterocycles. The van der Waals surface area contributed by atoms with Gasteiger partial charge in [0.25, 0.3) is 0 Å². The first-order valence-corrected chi connectivity index (χ1v) is 16.4. The molecule has 0 bridgehead atoms. The predicted molar refractivity (Wildman–Crippen MR) is 203 cm³/mol. The summed E-state index contributed by atoms with van der Waals surface area (Å²) in [5.41, 5.74) is 13.0. The molecule has 2 nitrogen and oxygen atoms in total. The molecule has 0 spiro atoms. The van der Waals surface area contributed by atoms with Crippen molar-refractivity contribution in [1.29, 1.82) is 0 Å². The van der Waals surface area contributed by atoms with Gasteiger partial charge in [0.15, 0.2) is 0 Å². The molecule has 2 aromatic heterocycles. The quantitative estimate of drug-likeness (QED) is 0.181. The number of hydrogen-bond donors (Lipinski definition) is 0. The molecule has 0 aliphatic rings. The van der Waals surface area contributed by atoms with E-state index in [9.17, 15) is 0 Å². The van der Waals surface area contributed by atoms with Gasteiger partial charge in [-0.3, -0.25) is 0 Å². The third-order valence-electron chi connectivity index (χ3n) is 9.37. The Hall–Kier alpha value is -6.38. The van der Waals surface area contributed by atoms with Crippen molar-refractivity contribution in [2.45, 2.75) is 0 Å². The second-order valence-electron chi connectivity index (χ2n) is 12.3. The number of fused-ring (bicyclic) bond motifs is 4. The first-order valence-electron chi connectivity index (χ1n) is 16.4. The smallest absolute Gasteiger partial charge is 0.0556 e. The lowest BCUT2D eigenvalue weighted by Crippen LogP contribution is -2.10. The van der Waals surface area contributed by atoms with Gasteiger partial charge in [-0.1, -0.05) is 146 Å². The summed E-state index contributed by atoms with van der Waals surface area (Å²) in [6.07, 6.45) is 2.29. The fourth-order valence-electron chi connectivity index (χ4n) is 7.01. The van der Waals surface area contributed by atoms with Gasteiger partial charge in [-0.15, -0.1) is 0 Å². The third-order valence-corrected chi connectivity index (χ3v) is 9.37. The van der Waals surface area contributed by atoms with Crippen molar-refractivity contribution < 1.29 is 0 Å². The molecule has 2 heterocycles. The van der Waals surface area contributed by atoms with Crippen LogP contribution in [0.3, 0.4) is 0 Å². The highest BCUT2D eigenvalue weighted by molar-refractivity contribution is 6.09. The zero-order valence-corrected chi connectivity index (χ0v) is 26.4. The normalized spacial score (nSPS) is 11.3. The summed E-state index contributed by atoms with van der Waals surface area (Å²) < 4.78 is 2.37. The van der Waals surface area contributed by atoms with Gasteiger partial charge in [-0.2, -0.15) is 0 Å².